The maximum absolute atomic E-state index is 12.1. The third kappa shape index (κ3) is 2.86. The van der Waals surface area contributed by atoms with Crippen molar-refractivity contribution in [3.63, 3.8) is 0 Å². The van der Waals surface area contributed by atoms with Gasteiger partial charge >= 0.3 is 5.97 Å². The van der Waals surface area contributed by atoms with Crippen LogP contribution < -0.4 is 10.6 Å². The minimum Gasteiger partial charge on any atom is -0.462 e. The minimum atomic E-state index is -0.351. The normalized spacial score (nSPS) is 14.8. The zero-order chi connectivity index (χ0) is 14.7. The molecule has 6 heteroatoms. The summed E-state index contributed by atoms with van der Waals surface area (Å²) in [6.07, 6.45) is 0.747. The summed E-state index contributed by atoms with van der Waals surface area (Å²) in [6.45, 7) is 7.47. The van der Waals surface area contributed by atoms with Gasteiger partial charge in [-0.3, -0.25) is 4.79 Å². The molecule has 0 radical (unpaired) electrons. The van der Waals surface area contributed by atoms with E-state index in [1.807, 2.05) is 13.8 Å². The topological polar surface area (TPSA) is 67.4 Å². The first-order valence-corrected chi connectivity index (χ1v) is 7.71. The predicted octanol–water partition coefficient (Wildman–Crippen LogP) is 1.95. The van der Waals surface area contributed by atoms with Crippen LogP contribution in [-0.4, -0.2) is 31.6 Å². The van der Waals surface area contributed by atoms with Gasteiger partial charge in [0.2, 0.25) is 5.91 Å². The molecule has 20 heavy (non-hydrogen) atoms. The van der Waals surface area contributed by atoms with Crippen molar-refractivity contribution < 1.29 is 14.3 Å². The molecule has 1 amide bonds. The van der Waals surface area contributed by atoms with Crippen LogP contribution in [0.15, 0.2) is 0 Å². The van der Waals surface area contributed by atoms with E-state index in [9.17, 15) is 9.59 Å². The Bertz CT molecular complexity index is 521. The number of aryl methyl sites for hydroxylation is 1. The molecule has 1 saturated heterocycles. The number of ether oxygens (including phenoxy) is 1. The number of hydrogen-bond acceptors (Lipinski definition) is 5. The number of esters is 1. The second kappa shape index (κ2) is 6.37. The zero-order valence-electron chi connectivity index (χ0n) is 12.0. The summed E-state index contributed by atoms with van der Waals surface area (Å²) in [5, 5.41) is 6.57. The first kappa shape index (κ1) is 15.0. The van der Waals surface area contributed by atoms with E-state index in [1.54, 1.807) is 6.92 Å². The number of thiophene rings is 1. The zero-order valence-corrected chi connectivity index (χ0v) is 12.9. The van der Waals surface area contributed by atoms with Crippen LogP contribution in [0.5, 0.6) is 0 Å². The second-order valence-electron chi connectivity index (χ2n) is 4.76. The molecule has 0 aromatic carbocycles. The van der Waals surface area contributed by atoms with Crippen LogP contribution in [0.3, 0.4) is 0 Å². The Kier molecular flexibility index (Phi) is 4.77. The molecule has 0 atom stereocenters. The van der Waals surface area contributed by atoms with Crippen molar-refractivity contribution in [3.8, 4) is 0 Å². The molecule has 1 aliphatic heterocycles. The number of anilines is 1. The molecule has 2 N–H and O–H groups in total. The van der Waals surface area contributed by atoms with Crippen LogP contribution in [0.2, 0.25) is 0 Å². The Balaban J connectivity index is 2.26. The molecule has 0 bridgehead atoms. The van der Waals surface area contributed by atoms with Gasteiger partial charge in [-0.15, -0.1) is 11.3 Å². The number of rotatable bonds is 5. The fourth-order valence-corrected chi connectivity index (χ4v) is 3.34. The largest absolute Gasteiger partial charge is 0.462 e. The lowest BCUT2D eigenvalue weighted by atomic mass is 10.0. The standard InChI is InChI=1S/C14H20N2O3S/c1-4-10-8(3)20-13(11(10)14(18)19-5-2)16-12(17)9-6-15-7-9/h9,15H,4-7H2,1-3H3,(H,16,17). The molecular weight excluding hydrogens is 276 g/mol. The maximum atomic E-state index is 12.1. The highest BCUT2D eigenvalue weighted by atomic mass is 32.1. The Hall–Kier alpha value is -1.40. The lowest BCUT2D eigenvalue weighted by molar-refractivity contribution is -0.121. The molecule has 0 unspecified atom stereocenters. The van der Waals surface area contributed by atoms with Gasteiger partial charge in [0.1, 0.15) is 5.00 Å². The predicted molar refractivity (Wildman–Crippen MR) is 79.4 cm³/mol. The molecule has 0 aliphatic carbocycles. The summed E-state index contributed by atoms with van der Waals surface area (Å²) in [4.78, 5) is 25.2. The molecule has 2 rings (SSSR count). The van der Waals surface area contributed by atoms with Crippen molar-refractivity contribution in [2.45, 2.75) is 27.2 Å². The summed E-state index contributed by atoms with van der Waals surface area (Å²) in [5.41, 5.74) is 1.49. The SMILES string of the molecule is CCOC(=O)c1c(NC(=O)C2CNC2)sc(C)c1CC. The maximum Gasteiger partial charge on any atom is 0.341 e. The van der Waals surface area contributed by atoms with E-state index in [-0.39, 0.29) is 17.8 Å². The van der Waals surface area contributed by atoms with Crippen LogP contribution in [0.25, 0.3) is 0 Å². The van der Waals surface area contributed by atoms with Gasteiger partial charge in [-0.25, -0.2) is 4.79 Å². The van der Waals surface area contributed by atoms with Gasteiger partial charge in [-0.1, -0.05) is 6.92 Å². The van der Waals surface area contributed by atoms with Crippen molar-refractivity contribution >= 4 is 28.2 Å². The van der Waals surface area contributed by atoms with E-state index >= 15 is 0 Å². The Morgan fingerprint density at radius 1 is 1.40 bits per heavy atom. The van der Waals surface area contributed by atoms with E-state index in [0.717, 1.165) is 16.9 Å². The summed E-state index contributed by atoms with van der Waals surface area (Å²) < 4.78 is 5.11. The van der Waals surface area contributed by atoms with Crippen LogP contribution in [0.4, 0.5) is 5.00 Å². The molecule has 0 spiro atoms. The highest BCUT2D eigenvalue weighted by molar-refractivity contribution is 7.16. The van der Waals surface area contributed by atoms with E-state index in [2.05, 4.69) is 10.6 Å². The van der Waals surface area contributed by atoms with Gasteiger partial charge in [-0.2, -0.15) is 0 Å². The van der Waals surface area contributed by atoms with Gasteiger partial charge < -0.3 is 15.4 Å². The smallest absolute Gasteiger partial charge is 0.341 e. The molecule has 110 valence electrons. The van der Waals surface area contributed by atoms with Gasteiger partial charge in [0.15, 0.2) is 0 Å². The molecule has 5 nitrogen and oxygen atoms in total. The molecule has 1 aliphatic rings. The van der Waals surface area contributed by atoms with Crippen LogP contribution >= 0.6 is 11.3 Å². The minimum absolute atomic E-state index is 0.00229. The lowest BCUT2D eigenvalue weighted by Crippen LogP contribution is -2.48. The number of hydrogen-bond donors (Lipinski definition) is 2. The molecule has 0 saturated carbocycles. The van der Waals surface area contributed by atoms with E-state index < -0.39 is 0 Å². The number of carbonyl (C=O) groups is 2. The van der Waals surface area contributed by atoms with Crippen molar-refractivity contribution in [3.05, 3.63) is 16.0 Å². The number of carbonyl (C=O) groups excluding carboxylic acids is 2. The number of amides is 1. The third-order valence-electron chi connectivity index (χ3n) is 3.43. The molecule has 1 aromatic rings. The average Bonchev–Trinajstić information content (AvgIpc) is 2.62. The lowest BCUT2D eigenvalue weighted by Gasteiger charge is -2.25. The summed E-state index contributed by atoms with van der Waals surface area (Å²) in [7, 11) is 0. The Morgan fingerprint density at radius 3 is 2.60 bits per heavy atom. The monoisotopic (exact) mass is 296 g/mol. The fraction of sp³-hybridized carbons (Fsp3) is 0.571. The molecule has 1 aromatic heterocycles. The highest BCUT2D eigenvalue weighted by Gasteiger charge is 2.28. The summed E-state index contributed by atoms with van der Waals surface area (Å²) in [6, 6.07) is 0. The average molecular weight is 296 g/mol. The van der Waals surface area contributed by atoms with E-state index in [4.69, 9.17) is 4.74 Å². The van der Waals surface area contributed by atoms with Gasteiger partial charge in [0, 0.05) is 18.0 Å². The Labute approximate surface area is 122 Å². The Morgan fingerprint density at radius 2 is 2.10 bits per heavy atom. The fourth-order valence-electron chi connectivity index (χ4n) is 2.20. The highest BCUT2D eigenvalue weighted by Crippen LogP contribution is 2.34. The summed E-state index contributed by atoms with van der Waals surface area (Å²) in [5.74, 6) is -0.383. The van der Waals surface area contributed by atoms with Crippen LogP contribution in [-0.2, 0) is 16.0 Å². The second-order valence-corrected chi connectivity index (χ2v) is 5.98. The van der Waals surface area contributed by atoms with Crippen LogP contribution in [0.1, 0.15) is 34.6 Å². The van der Waals surface area contributed by atoms with Crippen LogP contribution in [0, 0.1) is 12.8 Å². The quantitative estimate of drug-likeness (QED) is 0.815. The van der Waals surface area contributed by atoms with Gasteiger partial charge in [0.25, 0.3) is 0 Å². The number of nitrogens with one attached hydrogen (secondary N) is 2. The van der Waals surface area contributed by atoms with Crippen molar-refractivity contribution in [1.29, 1.82) is 0 Å². The molecular formula is C14H20N2O3S. The molecule has 2 heterocycles. The first-order chi connectivity index (χ1) is 9.58. The third-order valence-corrected chi connectivity index (χ3v) is 4.49. The van der Waals surface area contributed by atoms with E-state index in [1.165, 1.54) is 11.3 Å². The van der Waals surface area contributed by atoms with Crippen molar-refractivity contribution in [2.24, 2.45) is 5.92 Å². The molecule has 1 fully saturated rings. The van der Waals surface area contributed by atoms with E-state index in [0.29, 0.717) is 30.3 Å². The van der Waals surface area contributed by atoms with Crippen molar-refractivity contribution in [2.75, 3.05) is 25.0 Å². The van der Waals surface area contributed by atoms with Gasteiger partial charge in [0.05, 0.1) is 18.1 Å². The van der Waals surface area contributed by atoms with Gasteiger partial charge in [-0.05, 0) is 25.8 Å². The first-order valence-electron chi connectivity index (χ1n) is 6.89. The summed E-state index contributed by atoms with van der Waals surface area (Å²) >= 11 is 1.45. The van der Waals surface area contributed by atoms with Crippen molar-refractivity contribution in [1.82, 2.24) is 5.32 Å².